The Kier molecular flexibility index (Phi) is 4.52. The normalized spacial score (nSPS) is 40.8. The highest BCUT2D eigenvalue weighted by Gasteiger charge is 2.55. The molecule has 0 unspecified atom stereocenters. The molecule has 1 amide bonds. The van der Waals surface area contributed by atoms with E-state index in [2.05, 4.69) is 41.0 Å². The van der Waals surface area contributed by atoms with Crippen molar-refractivity contribution >= 4 is 5.91 Å². The molecule has 1 N–H and O–H groups in total. The SMILES string of the molecule is Cc1ccc([C@H]2CN(C(=O)C3CCC(O)CC3)[C@@H]3C4CCN(CC4)[C@H]23)cc1. The van der Waals surface area contributed by atoms with Gasteiger partial charge in [-0.3, -0.25) is 9.69 Å². The summed E-state index contributed by atoms with van der Waals surface area (Å²) in [5.41, 5.74) is 2.70. The molecular weight excluding hydrogens is 336 g/mol. The van der Waals surface area contributed by atoms with Crippen molar-refractivity contribution in [1.82, 2.24) is 9.80 Å². The molecule has 1 aromatic carbocycles. The van der Waals surface area contributed by atoms with E-state index in [0.29, 0.717) is 29.8 Å². The first-order valence-corrected chi connectivity index (χ1v) is 10.9. The van der Waals surface area contributed by atoms with Gasteiger partial charge in [-0.05, 0) is 70.0 Å². The van der Waals surface area contributed by atoms with Crippen LogP contribution in [0.5, 0.6) is 0 Å². The smallest absolute Gasteiger partial charge is 0.226 e. The van der Waals surface area contributed by atoms with Gasteiger partial charge in [0.15, 0.2) is 0 Å². The van der Waals surface area contributed by atoms with Crippen LogP contribution in [0.25, 0.3) is 0 Å². The fourth-order valence-corrected chi connectivity index (χ4v) is 6.34. The van der Waals surface area contributed by atoms with E-state index in [9.17, 15) is 9.90 Å². The first kappa shape index (κ1) is 17.7. The molecule has 4 aliphatic heterocycles. The van der Waals surface area contributed by atoms with Crippen LogP contribution in [-0.4, -0.2) is 58.6 Å². The number of carbonyl (C=O) groups is 1. The molecule has 27 heavy (non-hydrogen) atoms. The number of amides is 1. The summed E-state index contributed by atoms with van der Waals surface area (Å²) in [5.74, 6) is 1.62. The molecule has 4 heterocycles. The van der Waals surface area contributed by atoms with Crippen LogP contribution in [0.2, 0.25) is 0 Å². The van der Waals surface area contributed by atoms with Crippen molar-refractivity contribution in [3.8, 4) is 0 Å². The quantitative estimate of drug-likeness (QED) is 0.873. The summed E-state index contributed by atoms with van der Waals surface area (Å²) in [6, 6.07) is 9.90. The highest BCUT2D eigenvalue weighted by Crippen LogP contribution is 2.47. The van der Waals surface area contributed by atoms with Crippen LogP contribution in [0, 0.1) is 18.8 Å². The molecule has 0 spiro atoms. The zero-order valence-corrected chi connectivity index (χ0v) is 16.4. The number of hydrogen-bond acceptors (Lipinski definition) is 3. The third kappa shape index (κ3) is 3.01. The maximum atomic E-state index is 13.5. The van der Waals surface area contributed by atoms with Gasteiger partial charge < -0.3 is 10.0 Å². The fourth-order valence-electron chi connectivity index (χ4n) is 6.34. The number of carbonyl (C=O) groups excluding carboxylic acids is 1. The first-order chi connectivity index (χ1) is 13.1. The summed E-state index contributed by atoms with van der Waals surface area (Å²) >= 11 is 0. The molecule has 4 saturated heterocycles. The van der Waals surface area contributed by atoms with Crippen LogP contribution in [0.15, 0.2) is 24.3 Å². The van der Waals surface area contributed by atoms with Crippen molar-refractivity contribution in [2.24, 2.45) is 11.8 Å². The van der Waals surface area contributed by atoms with Crippen LogP contribution < -0.4 is 0 Å². The van der Waals surface area contributed by atoms with E-state index in [-0.39, 0.29) is 12.0 Å². The summed E-state index contributed by atoms with van der Waals surface area (Å²) in [6.07, 6.45) is 5.58. The zero-order valence-electron chi connectivity index (χ0n) is 16.4. The number of nitrogens with zero attached hydrogens (tertiary/aromatic N) is 2. The van der Waals surface area contributed by atoms with Crippen molar-refractivity contribution in [1.29, 1.82) is 0 Å². The minimum Gasteiger partial charge on any atom is -0.393 e. The van der Waals surface area contributed by atoms with Gasteiger partial charge in [0.05, 0.1) is 12.1 Å². The van der Waals surface area contributed by atoms with Gasteiger partial charge in [-0.1, -0.05) is 29.8 Å². The lowest BCUT2D eigenvalue weighted by atomic mass is 9.75. The highest BCUT2D eigenvalue weighted by molar-refractivity contribution is 5.80. The van der Waals surface area contributed by atoms with E-state index in [1.54, 1.807) is 0 Å². The number of aliphatic hydroxyl groups excluding tert-OH is 1. The highest BCUT2D eigenvalue weighted by atomic mass is 16.3. The van der Waals surface area contributed by atoms with Gasteiger partial charge in [0, 0.05) is 24.4 Å². The average Bonchev–Trinajstić information content (AvgIpc) is 3.12. The zero-order chi connectivity index (χ0) is 18.5. The second-order valence-corrected chi connectivity index (χ2v) is 9.37. The van der Waals surface area contributed by atoms with E-state index < -0.39 is 0 Å². The number of fused-ring (bicyclic) bond motifs is 2. The van der Waals surface area contributed by atoms with Crippen molar-refractivity contribution < 1.29 is 9.90 Å². The van der Waals surface area contributed by atoms with Crippen molar-refractivity contribution in [2.45, 2.75) is 69.6 Å². The predicted molar refractivity (Wildman–Crippen MR) is 105 cm³/mol. The molecule has 146 valence electrons. The topological polar surface area (TPSA) is 43.8 Å². The van der Waals surface area contributed by atoms with Crippen molar-refractivity contribution in [3.63, 3.8) is 0 Å². The minimum atomic E-state index is -0.197. The Balaban J connectivity index is 1.43. The molecular formula is C23H32N2O2. The van der Waals surface area contributed by atoms with Gasteiger partial charge in [-0.15, -0.1) is 0 Å². The Bertz CT molecular complexity index is 687. The summed E-state index contributed by atoms with van der Waals surface area (Å²) < 4.78 is 0. The van der Waals surface area contributed by atoms with Gasteiger partial charge in [0.25, 0.3) is 0 Å². The summed E-state index contributed by atoms with van der Waals surface area (Å²) in [7, 11) is 0. The monoisotopic (exact) mass is 368 g/mol. The lowest BCUT2D eigenvalue weighted by Crippen LogP contribution is -2.61. The molecule has 0 aromatic heterocycles. The standard InChI is InChI=1S/C23H32N2O2/c1-15-2-4-16(5-3-15)20-14-25(23(27)18-6-8-19(26)9-7-18)21-17-10-12-24(13-11-17)22(20)21/h2-5,17-22,26H,6-14H2,1H3/t18?,19?,20-,21-,22-/m1/s1. The largest absolute Gasteiger partial charge is 0.393 e. The number of likely N-dealkylation sites (tertiary alicyclic amines) is 1. The van der Waals surface area contributed by atoms with E-state index >= 15 is 0 Å². The van der Waals surface area contributed by atoms with E-state index in [0.717, 1.165) is 32.2 Å². The van der Waals surface area contributed by atoms with Gasteiger partial charge in [0.2, 0.25) is 5.91 Å². The van der Waals surface area contributed by atoms with Gasteiger partial charge in [-0.25, -0.2) is 0 Å². The molecule has 5 fully saturated rings. The molecule has 3 atom stereocenters. The van der Waals surface area contributed by atoms with Crippen molar-refractivity contribution in [3.05, 3.63) is 35.4 Å². The third-order valence-electron chi connectivity index (χ3n) is 7.83. The van der Waals surface area contributed by atoms with Crippen LogP contribution in [0.3, 0.4) is 0 Å². The second kappa shape index (κ2) is 6.89. The van der Waals surface area contributed by atoms with E-state index in [4.69, 9.17) is 0 Å². The molecule has 4 heteroatoms. The lowest BCUT2D eigenvalue weighted by molar-refractivity contribution is -0.142. The van der Waals surface area contributed by atoms with Crippen molar-refractivity contribution in [2.75, 3.05) is 19.6 Å². The number of aryl methyl sites for hydroxylation is 1. The van der Waals surface area contributed by atoms with Gasteiger partial charge in [0.1, 0.15) is 0 Å². The predicted octanol–water partition coefficient (Wildman–Crippen LogP) is 2.93. The summed E-state index contributed by atoms with van der Waals surface area (Å²) in [5, 5.41) is 9.83. The molecule has 0 radical (unpaired) electrons. The summed E-state index contributed by atoms with van der Waals surface area (Å²) in [6.45, 7) is 5.42. The number of rotatable bonds is 2. The number of benzene rings is 1. The Morgan fingerprint density at radius 2 is 1.63 bits per heavy atom. The molecule has 4 nitrogen and oxygen atoms in total. The van der Waals surface area contributed by atoms with Gasteiger partial charge in [-0.2, -0.15) is 0 Å². The van der Waals surface area contributed by atoms with Crippen LogP contribution >= 0.6 is 0 Å². The Morgan fingerprint density at radius 3 is 2.30 bits per heavy atom. The molecule has 6 rings (SSSR count). The Morgan fingerprint density at radius 1 is 0.963 bits per heavy atom. The fraction of sp³-hybridized carbons (Fsp3) is 0.696. The average molecular weight is 369 g/mol. The molecule has 1 saturated carbocycles. The number of hydrogen-bond donors (Lipinski definition) is 1. The molecule has 2 bridgehead atoms. The van der Waals surface area contributed by atoms with Crippen LogP contribution in [0.4, 0.5) is 0 Å². The van der Waals surface area contributed by atoms with E-state index in [1.165, 1.54) is 37.1 Å². The van der Waals surface area contributed by atoms with E-state index in [1.807, 2.05) is 0 Å². The molecule has 1 aromatic rings. The van der Waals surface area contributed by atoms with Gasteiger partial charge >= 0.3 is 0 Å². The molecule has 5 aliphatic rings. The Labute approximate surface area is 162 Å². The number of aliphatic hydroxyl groups is 1. The minimum absolute atomic E-state index is 0.126. The van der Waals surface area contributed by atoms with Crippen LogP contribution in [0.1, 0.15) is 55.6 Å². The number of piperidine rings is 3. The molecule has 1 aliphatic carbocycles. The van der Waals surface area contributed by atoms with Crippen LogP contribution in [-0.2, 0) is 4.79 Å². The maximum absolute atomic E-state index is 13.5. The second-order valence-electron chi connectivity index (χ2n) is 9.37. The summed E-state index contributed by atoms with van der Waals surface area (Å²) in [4.78, 5) is 18.5. The first-order valence-electron chi connectivity index (χ1n) is 10.9. The third-order valence-corrected chi connectivity index (χ3v) is 7.83. The Hall–Kier alpha value is -1.39. The lowest BCUT2D eigenvalue weighted by Gasteiger charge is -2.51. The maximum Gasteiger partial charge on any atom is 0.226 e.